The van der Waals surface area contributed by atoms with E-state index < -0.39 is 0 Å². The lowest BCUT2D eigenvalue weighted by Crippen LogP contribution is -2.17. The van der Waals surface area contributed by atoms with Crippen LogP contribution in [0.4, 0.5) is 5.69 Å². The fourth-order valence-electron chi connectivity index (χ4n) is 2.34. The number of ether oxygens (including phenoxy) is 1. The van der Waals surface area contributed by atoms with Crippen LogP contribution in [0, 0.1) is 6.92 Å². The van der Waals surface area contributed by atoms with Crippen LogP contribution in [0.15, 0.2) is 42.6 Å². The zero-order valence-corrected chi connectivity index (χ0v) is 13.1. The third-order valence-corrected chi connectivity index (χ3v) is 3.40. The lowest BCUT2D eigenvalue weighted by atomic mass is 10.0. The molecular weight excluding hydrogens is 260 g/mol. The molecule has 21 heavy (non-hydrogen) atoms. The fourth-order valence-corrected chi connectivity index (χ4v) is 2.34. The Labute approximate surface area is 127 Å². The molecule has 1 atom stereocenters. The summed E-state index contributed by atoms with van der Waals surface area (Å²) in [4.78, 5) is 4.27. The highest BCUT2D eigenvalue weighted by Crippen LogP contribution is 2.22. The molecule has 2 aromatic rings. The first-order valence-corrected chi connectivity index (χ1v) is 7.59. The van der Waals surface area contributed by atoms with E-state index in [2.05, 4.69) is 48.4 Å². The number of hydrogen-bond donors (Lipinski definition) is 1. The monoisotopic (exact) mass is 284 g/mol. The molecule has 0 radical (unpaired) electrons. The van der Waals surface area contributed by atoms with Crippen molar-refractivity contribution < 1.29 is 4.74 Å². The van der Waals surface area contributed by atoms with Crippen molar-refractivity contribution in [2.75, 3.05) is 11.9 Å². The van der Waals surface area contributed by atoms with Gasteiger partial charge in [0.05, 0.1) is 12.3 Å². The maximum Gasteiger partial charge on any atom is 0.237 e. The Morgan fingerprint density at radius 1 is 1.24 bits per heavy atom. The third-order valence-electron chi connectivity index (χ3n) is 3.40. The molecule has 2 rings (SSSR count). The minimum Gasteiger partial charge on any atom is -0.476 e. The smallest absolute Gasteiger partial charge is 0.237 e. The van der Waals surface area contributed by atoms with Gasteiger partial charge in [0.25, 0.3) is 0 Å². The van der Waals surface area contributed by atoms with E-state index in [1.807, 2.05) is 19.1 Å². The van der Waals surface area contributed by atoms with Gasteiger partial charge in [-0.2, -0.15) is 0 Å². The summed E-state index contributed by atoms with van der Waals surface area (Å²) in [6.45, 7) is 6.93. The minimum atomic E-state index is 0.369. The van der Waals surface area contributed by atoms with Crippen molar-refractivity contribution in [1.82, 2.24) is 4.98 Å². The number of aromatic nitrogens is 1. The topological polar surface area (TPSA) is 34.1 Å². The first kappa shape index (κ1) is 15.4. The Morgan fingerprint density at radius 2 is 2.10 bits per heavy atom. The second kappa shape index (κ2) is 7.67. The number of aryl methyl sites for hydroxylation is 2. The summed E-state index contributed by atoms with van der Waals surface area (Å²) in [6, 6.07) is 13.0. The summed E-state index contributed by atoms with van der Waals surface area (Å²) in [5.41, 5.74) is 3.68. The van der Waals surface area contributed by atoms with Crippen molar-refractivity contribution >= 4 is 5.69 Å². The molecule has 1 aromatic heterocycles. The molecule has 0 spiro atoms. The van der Waals surface area contributed by atoms with Crippen molar-refractivity contribution in [3.63, 3.8) is 0 Å². The SMILES string of the molecule is CCOc1ncccc1NC(C)CCc1cccc(C)c1. The number of pyridine rings is 1. The van der Waals surface area contributed by atoms with Gasteiger partial charge in [0.1, 0.15) is 0 Å². The maximum atomic E-state index is 5.54. The van der Waals surface area contributed by atoms with Gasteiger partial charge in [-0.25, -0.2) is 4.98 Å². The van der Waals surface area contributed by atoms with Gasteiger partial charge in [-0.1, -0.05) is 29.8 Å². The van der Waals surface area contributed by atoms with E-state index in [0.717, 1.165) is 18.5 Å². The van der Waals surface area contributed by atoms with Crippen LogP contribution in [-0.2, 0) is 6.42 Å². The van der Waals surface area contributed by atoms with E-state index in [1.54, 1.807) is 6.20 Å². The zero-order chi connectivity index (χ0) is 15.1. The molecule has 0 aliphatic rings. The van der Waals surface area contributed by atoms with Crippen molar-refractivity contribution in [2.45, 2.75) is 39.7 Å². The van der Waals surface area contributed by atoms with E-state index in [-0.39, 0.29) is 0 Å². The minimum absolute atomic E-state index is 0.369. The largest absolute Gasteiger partial charge is 0.476 e. The highest BCUT2D eigenvalue weighted by molar-refractivity contribution is 5.52. The van der Waals surface area contributed by atoms with Crippen LogP contribution >= 0.6 is 0 Å². The van der Waals surface area contributed by atoms with E-state index in [4.69, 9.17) is 4.74 Å². The van der Waals surface area contributed by atoms with Gasteiger partial charge in [-0.15, -0.1) is 0 Å². The second-order valence-corrected chi connectivity index (χ2v) is 5.36. The standard InChI is InChI=1S/C18H24N2O/c1-4-21-18-17(9-6-12-19-18)20-15(3)10-11-16-8-5-7-14(2)13-16/h5-9,12-13,15,20H,4,10-11H2,1-3H3. The Bertz CT molecular complexity index is 569. The summed E-state index contributed by atoms with van der Waals surface area (Å²) in [6.07, 6.45) is 3.90. The number of hydrogen-bond acceptors (Lipinski definition) is 3. The normalized spacial score (nSPS) is 12.0. The van der Waals surface area contributed by atoms with Crippen molar-refractivity contribution in [2.24, 2.45) is 0 Å². The Morgan fingerprint density at radius 3 is 2.86 bits per heavy atom. The predicted molar refractivity (Wildman–Crippen MR) is 88.0 cm³/mol. The average Bonchev–Trinajstić information content (AvgIpc) is 2.48. The van der Waals surface area contributed by atoms with E-state index in [0.29, 0.717) is 18.5 Å². The number of nitrogens with zero attached hydrogens (tertiary/aromatic N) is 1. The maximum absolute atomic E-state index is 5.54. The molecular formula is C18H24N2O. The quantitative estimate of drug-likeness (QED) is 0.826. The lowest BCUT2D eigenvalue weighted by molar-refractivity contribution is 0.328. The predicted octanol–water partition coefficient (Wildman–Crippen LogP) is 4.22. The van der Waals surface area contributed by atoms with Crippen LogP contribution in [0.25, 0.3) is 0 Å². The zero-order valence-electron chi connectivity index (χ0n) is 13.1. The molecule has 1 heterocycles. The van der Waals surface area contributed by atoms with Gasteiger partial charge in [-0.3, -0.25) is 0 Å². The number of rotatable bonds is 7. The summed E-state index contributed by atoms with van der Waals surface area (Å²) in [5.74, 6) is 0.683. The molecule has 0 saturated heterocycles. The summed E-state index contributed by atoms with van der Waals surface area (Å²) in [5, 5.41) is 3.49. The van der Waals surface area contributed by atoms with Crippen LogP contribution in [0.3, 0.4) is 0 Å². The van der Waals surface area contributed by atoms with Crippen molar-refractivity contribution in [3.8, 4) is 5.88 Å². The van der Waals surface area contributed by atoms with Crippen LogP contribution in [0.5, 0.6) is 5.88 Å². The molecule has 0 amide bonds. The molecule has 0 saturated carbocycles. The van der Waals surface area contributed by atoms with Gasteiger partial charge in [0, 0.05) is 12.2 Å². The molecule has 3 heteroatoms. The molecule has 1 aromatic carbocycles. The van der Waals surface area contributed by atoms with Crippen LogP contribution in [0.2, 0.25) is 0 Å². The van der Waals surface area contributed by atoms with E-state index >= 15 is 0 Å². The molecule has 0 fully saturated rings. The van der Waals surface area contributed by atoms with Crippen molar-refractivity contribution in [1.29, 1.82) is 0 Å². The lowest BCUT2D eigenvalue weighted by Gasteiger charge is -2.17. The third kappa shape index (κ3) is 4.78. The number of nitrogens with one attached hydrogen (secondary N) is 1. The number of benzene rings is 1. The highest BCUT2D eigenvalue weighted by Gasteiger charge is 2.08. The molecule has 112 valence electrons. The molecule has 0 bridgehead atoms. The summed E-state index contributed by atoms with van der Waals surface area (Å²) in [7, 11) is 0. The first-order valence-electron chi connectivity index (χ1n) is 7.59. The summed E-state index contributed by atoms with van der Waals surface area (Å²) >= 11 is 0. The Balaban J connectivity index is 1.91. The van der Waals surface area contributed by atoms with Gasteiger partial charge < -0.3 is 10.1 Å². The van der Waals surface area contributed by atoms with Crippen LogP contribution in [-0.4, -0.2) is 17.6 Å². The van der Waals surface area contributed by atoms with Crippen molar-refractivity contribution in [3.05, 3.63) is 53.7 Å². The molecule has 0 aliphatic carbocycles. The molecule has 0 aliphatic heterocycles. The van der Waals surface area contributed by atoms with E-state index in [9.17, 15) is 0 Å². The Hall–Kier alpha value is -2.03. The van der Waals surface area contributed by atoms with Gasteiger partial charge in [-0.05, 0) is 51.3 Å². The first-order chi connectivity index (χ1) is 10.2. The number of anilines is 1. The fraction of sp³-hybridized carbons (Fsp3) is 0.389. The van der Waals surface area contributed by atoms with Gasteiger partial charge >= 0.3 is 0 Å². The highest BCUT2D eigenvalue weighted by atomic mass is 16.5. The van der Waals surface area contributed by atoms with Gasteiger partial charge in [0.15, 0.2) is 0 Å². The van der Waals surface area contributed by atoms with E-state index in [1.165, 1.54) is 11.1 Å². The summed E-state index contributed by atoms with van der Waals surface area (Å²) < 4.78 is 5.54. The van der Waals surface area contributed by atoms with Gasteiger partial charge in [0.2, 0.25) is 5.88 Å². The molecule has 3 nitrogen and oxygen atoms in total. The van der Waals surface area contributed by atoms with Crippen LogP contribution < -0.4 is 10.1 Å². The average molecular weight is 284 g/mol. The Kier molecular flexibility index (Phi) is 5.61. The molecule has 1 N–H and O–H groups in total. The second-order valence-electron chi connectivity index (χ2n) is 5.36. The molecule has 1 unspecified atom stereocenters. The van der Waals surface area contributed by atoms with Crippen LogP contribution in [0.1, 0.15) is 31.4 Å².